The Labute approximate surface area is 115 Å². The molecule has 2 nitrogen and oxygen atoms in total. The van der Waals surface area contributed by atoms with Gasteiger partial charge in [0.25, 0.3) is 0 Å². The molecule has 0 heterocycles. The summed E-state index contributed by atoms with van der Waals surface area (Å²) >= 11 is 0. The van der Waals surface area contributed by atoms with E-state index >= 15 is 0 Å². The van der Waals surface area contributed by atoms with E-state index in [2.05, 4.69) is 0 Å². The number of rotatable bonds is 4. The zero-order chi connectivity index (χ0) is 13.5. The Balaban J connectivity index is 2.20. The first-order valence-corrected chi connectivity index (χ1v) is 7.34. The van der Waals surface area contributed by atoms with Crippen molar-refractivity contribution in [2.75, 3.05) is 0 Å². The predicted molar refractivity (Wildman–Crippen MR) is 76.1 cm³/mol. The van der Waals surface area contributed by atoms with Crippen molar-refractivity contribution in [3.63, 3.8) is 0 Å². The van der Waals surface area contributed by atoms with Gasteiger partial charge in [0.1, 0.15) is 12.1 Å². The van der Waals surface area contributed by atoms with E-state index in [-0.39, 0.29) is 11.8 Å². The van der Waals surface area contributed by atoms with Crippen LogP contribution < -0.4 is 0 Å². The zero-order valence-corrected chi connectivity index (χ0v) is 11.4. The summed E-state index contributed by atoms with van der Waals surface area (Å²) in [6, 6.07) is 10.0. The van der Waals surface area contributed by atoms with Gasteiger partial charge in [-0.05, 0) is 18.4 Å². The molecule has 2 rings (SSSR count). The maximum Gasteiger partial charge on any atom is 0.136 e. The second-order valence-electron chi connectivity index (χ2n) is 5.45. The molecule has 0 saturated heterocycles. The second kappa shape index (κ2) is 7.22. The van der Waals surface area contributed by atoms with Gasteiger partial charge in [-0.15, -0.1) is 0 Å². The van der Waals surface area contributed by atoms with Crippen LogP contribution in [-0.4, -0.2) is 12.1 Å². The Morgan fingerprint density at radius 3 is 2.58 bits per heavy atom. The Kier molecular flexibility index (Phi) is 5.31. The highest BCUT2D eigenvalue weighted by molar-refractivity contribution is 5.82. The van der Waals surface area contributed by atoms with Gasteiger partial charge in [-0.3, -0.25) is 4.79 Å². The minimum atomic E-state index is 0.0351. The summed E-state index contributed by atoms with van der Waals surface area (Å²) in [6.45, 7) is 0. The molecule has 2 atom stereocenters. The highest BCUT2D eigenvalue weighted by Gasteiger charge is 2.29. The minimum Gasteiger partial charge on any atom is -0.303 e. The first-order chi connectivity index (χ1) is 9.33. The van der Waals surface area contributed by atoms with Gasteiger partial charge in [-0.1, -0.05) is 49.6 Å². The number of aldehydes is 1. The highest BCUT2D eigenvalue weighted by atomic mass is 16.1. The van der Waals surface area contributed by atoms with Crippen LogP contribution in [0.2, 0.25) is 0 Å². The van der Waals surface area contributed by atoms with Gasteiger partial charge in [0.05, 0.1) is 0 Å². The number of hydrogen-bond donors (Lipinski definition) is 0. The smallest absolute Gasteiger partial charge is 0.136 e. The second-order valence-corrected chi connectivity index (χ2v) is 5.45. The van der Waals surface area contributed by atoms with Crippen molar-refractivity contribution < 1.29 is 9.59 Å². The summed E-state index contributed by atoms with van der Waals surface area (Å²) in [5.74, 6) is 0.465. The van der Waals surface area contributed by atoms with E-state index in [4.69, 9.17) is 0 Å². The molecule has 1 aromatic carbocycles. The molecule has 2 unspecified atom stereocenters. The fraction of sp³-hybridized carbons (Fsp3) is 0.529. The number of ketones is 1. The van der Waals surface area contributed by atoms with Crippen molar-refractivity contribution in [1.29, 1.82) is 0 Å². The number of carbonyl (C=O) groups is 2. The summed E-state index contributed by atoms with van der Waals surface area (Å²) in [6.07, 6.45) is 7.55. The molecule has 2 heteroatoms. The Morgan fingerprint density at radius 1 is 1.11 bits per heavy atom. The molecule has 0 radical (unpaired) electrons. The summed E-state index contributed by atoms with van der Waals surface area (Å²) in [4.78, 5) is 23.3. The van der Waals surface area contributed by atoms with E-state index < -0.39 is 0 Å². The van der Waals surface area contributed by atoms with E-state index in [1.54, 1.807) is 0 Å². The van der Waals surface area contributed by atoms with E-state index in [0.717, 1.165) is 31.1 Å². The molecule has 0 bridgehead atoms. The van der Waals surface area contributed by atoms with Crippen LogP contribution in [0.15, 0.2) is 30.3 Å². The number of benzene rings is 1. The summed E-state index contributed by atoms with van der Waals surface area (Å²) < 4.78 is 0. The lowest BCUT2D eigenvalue weighted by Gasteiger charge is -2.26. The van der Waals surface area contributed by atoms with Crippen LogP contribution in [0.5, 0.6) is 0 Å². The van der Waals surface area contributed by atoms with Crippen LogP contribution in [0, 0.1) is 5.92 Å². The van der Waals surface area contributed by atoms with Crippen molar-refractivity contribution in [2.45, 2.75) is 50.9 Å². The Bertz CT molecular complexity index is 411. The average molecular weight is 258 g/mol. The van der Waals surface area contributed by atoms with Crippen LogP contribution in [-0.2, 0) is 9.59 Å². The minimum absolute atomic E-state index is 0.0351. The Hall–Kier alpha value is -1.44. The molecule has 1 aromatic rings. The van der Waals surface area contributed by atoms with Gasteiger partial charge >= 0.3 is 0 Å². The van der Waals surface area contributed by atoms with E-state index in [1.807, 2.05) is 30.3 Å². The first-order valence-electron chi connectivity index (χ1n) is 7.34. The molecule has 102 valence electrons. The average Bonchev–Trinajstić information content (AvgIpc) is 2.43. The van der Waals surface area contributed by atoms with Crippen molar-refractivity contribution in [3.05, 3.63) is 35.9 Å². The van der Waals surface area contributed by atoms with E-state index in [9.17, 15) is 9.59 Å². The standard InChI is InChI=1S/C17H22O2/c18-13-12-15(14-8-4-3-5-9-14)16-10-6-1-2-7-11-17(16)19/h3-5,8-9,13,15-16H,1-2,6-7,10-12H2. The molecular formula is C17H22O2. The van der Waals surface area contributed by atoms with Gasteiger partial charge < -0.3 is 4.79 Å². The summed E-state index contributed by atoms with van der Waals surface area (Å²) in [5, 5.41) is 0. The fourth-order valence-corrected chi connectivity index (χ4v) is 3.13. The summed E-state index contributed by atoms with van der Waals surface area (Å²) in [5.41, 5.74) is 1.13. The van der Waals surface area contributed by atoms with Gasteiger partial charge in [0.2, 0.25) is 0 Å². The first kappa shape index (κ1) is 14.0. The Morgan fingerprint density at radius 2 is 1.84 bits per heavy atom. The molecule has 0 N–H and O–H groups in total. The molecule has 1 aliphatic carbocycles. The predicted octanol–water partition coefficient (Wildman–Crippen LogP) is 3.90. The lowest BCUT2D eigenvalue weighted by molar-refractivity contribution is -0.124. The number of carbonyl (C=O) groups excluding carboxylic acids is 2. The van der Waals surface area contributed by atoms with E-state index in [0.29, 0.717) is 18.6 Å². The maximum atomic E-state index is 12.3. The maximum absolute atomic E-state index is 12.3. The van der Waals surface area contributed by atoms with E-state index in [1.165, 1.54) is 12.8 Å². The number of hydrogen-bond acceptors (Lipinski definition) is 2. The molecule has 1 aliphatic rings. The van der Waals surface area contributed by atoms with Crippen molar-refractivity contribution >= 4 is 12.1 Å². The number of Topliss-reactive ketones (excluding diaryl/α,β-unsaturated/α-hetero) is 1. The third-order valence-corrected chi connectivity index (χ3v) is 4.17. The van der Waals surface area contributed by atoms with Crippen molar-refractivity contribution in [3.8, 4) is 0 Å². The zero-order valence-electron chi connectivity index (χ0n) is 11.4. The van der Waals surface area contributed by atoms with Crippen LogP contribution in [0.1, 0.15) is 56.4 Å². The lowest BCUT2D eigenvalue weighted by atomic mass is 9.76. The molecule has 0 aromatic heterocycles. The fourth-order valence-electron chi connectivity index (χ4n) is 3.13. The third kappa shape index (κ3) is 3.76. The van der Waals surface area contributed by atoms with Crippen LogP contribution in [0.25, 0.3) is 0 Å². The van der Waals surface area contributed by atoms with Gasteiger partial charge in [0, 0.05) is 24.7 Å². The van der Waals surface area contributed by atoms with Gasteiger partial charge in [-0.2, -0.15) is 0 Å². The largest absolute Gasteiger partial charge is 0.303 e. The van der Waals surface area contributed by atoms with Crippen LogP contribution in [0.4, 0.5) is 0 Å². The third-order valence-electron chi connectivity index (χ3n) is 4.17. The van der Waals surface area contributed by atoms with Gasteiger partial charge in [0.15, 0.2) is 0 Å². The highest BCUT2D eigenvalue weighted by Crippen LogP contribution is 2.34. The van der Waals surface area contributed by atoms with Gasteiger partial charge in [-0.25, -0.2) is 0 Å². The molecule has 1 fully saturated rings. The van der Waals surface area contributed by atoms with Crippen LogP contribution in [0.3, 0.4) is 0 Å². The lowest BCUT2D eigenvalue weighted by Crippen LogP contribution is -2.24. The van der Waals surface area contributed by atoms with Crippen LogP contribution >= 0.6 is 0 Å². The molecule has 19 heavy (non-hydrogen) atoms. The molecule has 0 amide bonds. The van der Waals surface area contributed by atoms with Crippen molar-refractivity contribution in [1.82, 2.24) is 0 Å². The normalized spacial score (nSPS) is 22.3. The monoisotopic (exact) mass is 258 g/mol. The molecular weight excluding hydrogens is 236 g/mol. The SMILES string of the molecule is O=CCC(c1ccccc1)C1CCCCCCC1=O. The molecule has 0 spiro atoms. The molecule has 0 aliphatic heterocycles. The summed E-state index contributed by atoms with van der Waals surface area (Å²) in [7, 11) is 0. The topological polar surface area (TPSA) is 34.1 Å². The molecule has 1 saturated carbocycles. The van der Waals surface area contributed by atoms with Crippen molar-refractivity contribution in [2.24, 2.45) is 5.92 Å². The quantitative estimate of drug-likeness (QED) is 0.768.